The van der Waals surface area contributed by atoms with Gasteiger partial charge in [0.05, 0.1) is 10.6 Å². The highest BCUT2D eigenvalue weighted by Gasteiger charge is 2.47. The predicted molar refractivity (Wildman–Crippen MR) is 119 cm³/mol. The first kappa shape index (κ1) is 21.9. The summed E-state index contributed by atoms with van der Waals surface area (Å²) in [7, 11) is 0. The van der Waals surface area contributed by atoms with E-state index in [1.165, 1.54) is 0 Å². The number of carbonyl (C=O) groups excluding carboxylic acids is 1. The Morgan fingerprint density at radius 1 is 1.07 bits per heavy atom. The van der Waals surface area contributed by atoms with Crippen molar-refractivity contribution in [3.8, 4) is 11.5 Å². The number of ether oxygens (including phenoxy) is 2. The van der Waals surface area contributed by atoms with Crippen LogP contribution in [0.15, 0.2) is 46.6 Å². The molecule has 6 heteroatoms. The highest BCUT2D eigenvalue weighted by molar-refractivity contribution is 9.10. The van der Waals surface area contributed by atoms with Gasteiger partial charge in [-0.05, 0) is 85.4 Å². The van der Waals surface area contributed by atoms with E-state index in [-0.39, 0.29) is 17.1 Å². The summed E-state index contributed by atoms with van der Waals surface area (Å²) in [4.78, 5) is 13.2. The normalized spacial score (nSPS) is 18.1. The molecule has 0 spiro atoms. The number of ketones is 1. The second-order valence-electron chi connectivity index (χ2n) is 8.03. The Bertz CT molecular complexity index is 1010. The minimum Gasteiger partial charge on any atom is -0.508 e. The number of hydrogen-bond acceptors (Lipinski definition) is 4. The summed E-state index contributed by atoms with van der Waals surface area (Å²) in [6, 6.07) is 10.9. The number of benzene rings is 2. The van der Waals surface area contributed by atoms with Gasteiger partial charge in [0.25, 0.3) is 0 Å². The Balaban J connectivity index is 2.12. The first-order valence-electron chi connectivity index (χ1n) is 9.41. The number of hydrogen-bond donors (Lipinski definition) is 1. The number of carbonyl (C=O) groups is 1. The minimum atomic E-state index is -1.05. The van der Waals surface area contributed by atoms with Crippen LogP contribution in [0.1, 0.15) is 45.7 Å². The van der Waals surface area contributed by atoms with Gasteiger partial charge in [-0.15, -0.1) is 0 Å². The molecule has 1 N–H and O–H groups in total. The minimum absolute atomic E-state index is 0.0691. The van der Waals surface area contributed by atoms with Crippen molar-refractivity contribution in [1.29, 1.82) is 0 Å². The van der Waals surface area contributed by atoms with Gasteiger partial charge in [0.1, 0.15) is 28.5 Å². The molecule has 1 aliphatic rings. The maximum atomic E-state index is 13.2. The number of halogens is 2. The molecule has 3 rings (SSSR count). The summed E-state index contributed by atoms with van der Waals surface area (Å²) in [6.45, 7) is 8.96. The van der Waals surface area contributed by atoms with Gasteiger partial charge in [0, 0.05) is 10.5 Å². The molecule has 0 saturated carbocycles. The fourth-order valence-corrected chi connectivity index (χ4v) is 3.95. The molecule has 0 aliphatic carbocycles. The molecule has 154 valence electrons. The standard InChI is InChI=1S/C23H24BrClO4/c1-6-13-7-8-14(28-15-9-10-17(24)18(25)12-15)11-16(13)19-20(26)22(2,3)29-23(4,5)21(19)27/h7-12,26H,6H2,1-5H3. The molecule has 4 nitrogen and oxygen atoms in total. The van der Waals surface area contributed by atoms with Crippen LogP contribution in [-0.4, -0.2) is 22.1 Å². The van der Waals surface area contributed by atoms with Crippen LogP contribution in [0, 0.1) is 0 Å². The zero-order valence-electron chi connectivity index (χ0n) is 17.1. The first-order chi connectivity index (χ1) is 13.5. The van der Waals surface area contributed by atoms with Crippen molar-refractivity contribution in [3.63, 3.8) is 0 Å². The van der Waals surface area contributed by atoms with Gasteiger partial charge in [0.2, 0.25) is 0 Å². The van der Waals surface area contributed by atoms with Gasteiger partial charge in [-0.25, -0.2) is 0 Å². The molecule has 0 radical (unpaired) electrons. The van der Waals surface area contributed by atoms with Crippen molar-refractivity contribution in [2.45, 2.75) is 52.2 Å². The molecule has 0 atom stereocenters. The smallest absolute Gasteiger partial charge is 0.198 e. The van der Waals surface area contributed by atoms with E-state index in [1.54, 1.807) is 52.0 Å². The SMILES string of the molecule is CCc1ccc(Oc2ccc(Br)c(Cl)c2)cc1C1=C(O)C(C)(C)OC(C)(C)C1=O. The topological polar surface area (TPSA) is 55.8 Å². The van der Waals surface area contributed by atoms with E-state index in [9.17, 15) is 9.90 Å². The maximum absolute atomic E-state index is 13.2. The molecular formula is C23H24BrClO4. The maximum Gasteiger partial charge on any atom is 0.198 e. The summed E-state index contributed by atoms with van der Waals surface area (Å²) >= 11 is 9.52. The molecule has 0 aromatic heterocycles. The Kier molecular flexibility index (Phi) is 5.87. The molecule has 2 aromatic carbocycles. The van der Waals surface area contributed by atoms with Crippen LogP contribution in [0.4, 0.5) is 0 Å². The van der Waals surface area contributed by atoms with Gasteiger partial charge >= 0.3 is 0 Å². The van der Waals surface area contributed by atoms with E-state index in [0.29, 0.717) is 28.5 Å². The Morgan fingerprint density at radius 2 is 1.69 bits per heavy atom. The molecule has 0 amide bonds. The van der Waals surface area contributed by atoms with Crippen LogP contribution >= 0.6 is 27.5 Å². The molecule has 1 heterocycles. The van der Waals surface area contributed by atoms with Crippen molar-refractivity contribution in [2.75, 3.05) is 0 Å². The Labute approximate surface area is 184 Å². The molecule has 0 bridgehead atoms. The van der Waals surface area contributed by atoms with Crippen LogP contribution in [-0.2, 0) is 16.0 Å². The summed E-state index contributed by atoms with van der Waals surface area (Å²) < 4.78 is 12.6. The third-order valence-electron chi connectivity index (χ3n) is 4.95. The fourth-order valence-electron chi connectivity index (χ4n) is 3.53. The third-order valence-corrected chi connectivity index (χ3v) is 6.18. The third kappa shape index (κ3) is 4.23. The zero-order valence-corrected chi connectivity index (χ0v) is 19.4. The van der Waals surface area contributed by atoms with Crippen LogP contribution < -0.4 is 4.74 Å². The van der Waals surface area contributed by atoms with Crippen LogP contribution in [0.2, 0.25) is 5.02 Å². The van der Waals surface area contributed by atoms with E-state index in [1.807, 2.05) is 19.1 Å². The Hall–Kier alpha value is -1.82. The highest BCUT2D eigenvalue weighted by Crippen LogP contribution is 2.42. The fraction of sp³-hybridized carbons (Fsp3) is 0.348. The predicted octanol–water partition coefficient (Wildman–Crippen LogP) is 6.88. The van der Waals surface area contributed by atoms with Crippen molar-refractivity contribution >= 4 is 38.9 Å². The molecule has 0 unspecified atom stereocenters. The van der Waals surface area contributed by atoms with E-state index in [0.717, 1.165) is 10.0 Å². The van der Waals surface area contributed by atoms with Gasteiger partial charge in [-0.1, -0.05) is 24.6 Å². The summed E-state index contributed by atoms with van der Waals surface area (Å²) in [5.41, 5.74) is -0.155. The van der Waals surface area contributed by atoms with Crippen LogP contribution in [0.5, 0.6) is 11.5 Å². The quantitative estimate of drug-likeness (QED) is 0.519. The van der Waals surface area contributed by atoms with E-state index >= 15 is 0 Å². The summed E-state index contributed by atoms with van der Waals surface area (Å²) in [6.07, 6.45) is 0.700. The summed E-state index contributed by atoms with van der Waals surface area (Å²) in [5, 5.41) is 11.4. The lowest BCUT2D eigenvalue weighted by Gasteiger charge is -2.40. The first-order valence-corrected chi connectivity index (χ1v) is 10.6. The lowest BCUT2D eigenvalue weighted by Crippen LogP contribution is -2.49. The zero-order chi connectivity index (χ0) is 21.6. The average molecular weight is 480 g/mol. The van der Waals surface area contributed by atoms with E-state index in [4.69, 9.17) is 21.1 Å². The number of aliphatic hydroxyl groups is 1. The number of rotatable bonds is 4. The van der Waals surface area contributed by atoms with Gasteiger partial charge in [-0.3, -0.25) is 4.79 Å². The van der Waals surface area contributed by atoms with Crippen LogP contribution in [0.25, 0.3) is 5.57 Å². The summed E-state index contributed by atoms with van der Waals surface area (Å²) in [5.74, 6) is 0.796. The van der Waals surface area contributed by atoms with Gasteiger partial charge in [-0.2, -0.15) is 0 Å². The van der Waals surface area contributed by atoms with Gasteiger partial charge < -0.3 is 14.6 Å². The largest absolute Gasteiger partial charge is 0.508 e. The monoisotopic (exact) mass is 478 g/mol. The van der Waals surface area contributed by atoms with Crippen molar-refractivity contribution in [3.05, 3.63) is 62.8 Å². The van der Waals surface area contributed by atoms with Crippen molar-refractivity contribution in [1.82, 2.24) is 0 Å². The van der Waals surface area contributed by atoms with Crippen LogP contribution in [0.3, 0.4) is 0 Å². The van der Waals surface area contributed by atoms with E-state index < -0.39 is 11.2 Å². The molecule has 29 heavy (non-hydrogen) atoms. The lowest BCUT2D eigenvalue weighted by atomic mass is 9.81. The van der Waals surface area contributed by atoms with Crippen molar-refractivity contribution < 1.29 is 19.4 Å². The molecular weight excluding hydrogens is 456 g/mol. The molecule has 1 aliphatic heterocycles. The lowest BCUT2D eigenvalue weighted by molar-refractivity contribution is -0.158. The average Bonchev–Trinajstić information content (AvgIpc) is 2.63. The second kappa shape index (κ2) is 7.78. The highest BCUT2D eigenvalue weighted by atomic mass is 79.9. The van der Waals surface area contributed by atoms with Crippen molar-refractivity contribution in [2.24, 2.45) is 0 Å². The molecule has 0 saturated heterocycles. The number of Topliss-reactive ketones (excluding diaryl/α,β-unsaturated/α-hetero) is 1. The number of aryl methyl sites for hydroxylation is 1. The van der Waals surface area contributed by atoms with E-state index in [2.05, 4.69) is 15.9 Å². The Morgan fingerprint density at radius 3 is 2.31 bits per heavy atom. The second-order valence-corrected chi connectivity index (χ2v) is 9.29. The van der Waals surface area contributed by atoms with Gasteiger partial charge in [0.15, 0.2) is 5.78 Å². The molecule has 2 aromatic rings. The number of aliphatic hydroxyl groups excluding tert-OH is 1. The molecule has 0 fully saturated rings.